The van der Waals surface area contributed by atoms with Crippen molar-refractivity contribution in [1.29, 1.82) is 0 Å². The van der Waals surface area contributed by atoms with Crippen molar-refractivity contribution in [2.45, 2.75) is 13.3 Å². The van der Waals surface area contributed by atoms with Crippen molar-refractivity contribution >= 4 is 29.1 Å². The smallest absolute Gasteiger partial charge is 0.260 e. The van der Waals surface area contributed by atoms with Gasteiger partial charge in [0, 0.05) is 12.2 Å². The van der Waals surface area contributed by atoms with Crippen LogP contribution in [0.1, 0.15) is 22.8 Å². The van der Waals surface area contributed by atoms with E-state index in [9.17, 15) is 9.59 Å². The Labute approximate surface area is 127 Å². The summed E-state index contributed by atoms with van der Waals surface area (Å²) in [5.41, 5.74) is 1.78. The number of carbonyl (C=O) groups excluding carboxylic acids is 2. The number of benzene rings is 1. The number of amides is 2. The second-order valence-electron chi connectivity index (χ2n) is 4.39. The topological polar surface area (TPSA) is 71.3 Å². The molecule has 6 heteroatoms. The van der Waals surface area contributed by atoms with Crippen LogP contribution in [-0.2, 0) is 11.2 Å². The van der Waals surface area contributed by atoms with Crippen molar-refractivity contribution in [1.82, 2.24) is 5.32 Å². The quantitative estimate of drug-likeness (QED) is 0.892. The fourth-order valence-electron chi connectivity index (χ4n) is 1.81. The summed E-state index contributed by atoms with van der Waals surface area (Å²) in [6.07, 6.45) is 1.67. The summed E-state index contributed by atoms with van der Waals surface area (Å²) in [6.45, 7) is 2.48. The molecule has 2 N–H and O–H groups in total. The van der Waals surface area contributed by atoms with Crippen LogP contribution in [-0.4, -0.2) is 18.4 Å². The van der Waals surface area contributed by atoms with Gasteiger partial charge >= 0.3 is 0 Å². The number of hydrogen-bond donors (Lipinski definition) is 2. The Morgan fingerprint density at radius 3 is 2.48 bits per heavy atom. The zero-order chi connectivity index (χ0) is 15.2. The lowest BCUT2D eigenvalue weighted by atomic mass is 10.1. The van der Waals surface area contributed by atoms with E-state index in [2.05, 4.69) is 10.6 Å². The summed E-state index contributed by atoms with van der Waals surface area (Å²) in [5.74, 6) is -0.371. The molecular weight excluding hydrogens is 292 g/mol. The molecule has 2 amide bonds. The molecule has 0 saturated carbocycles. The van der Waals surface area contributed by atoms with Crippen LogP contribution in [0.25, 0.3) is 0 Å². The van der Waals surface area contributed by atoms with Crippen LogP contribution in [0.5, 0.6) is 0 Å². The molecule has 0 saturated heterocycles. The number of nitrogens with one attached hydrogen (secondary N) is 2. The van der Waals surface area contributed by atoms with Gasteiger partial charge in [0.2, 0.25) is 11.1 Å². The average Bonchev–Trinajstić information content (AvgIpc) is 2.87. The van der Waals surface area contributed by atoms with Crippen molar-refractivity contribution in [3.05, 3.63) is 52.9 Å². The Morgan fingerprint density at radius 1 is 1.19 bits per heavy atom. The number of furan rings is 1. The normalized spacial score (nSPS) is 10.2. The molecule has 2 aromatic rings. The van der Waals surface area contributed by atoms with Crippen molar-refractivity contribution < 1.29 is 14.0 Å². The molecule has 0 unspecified atom stereocenters. The monoisotopic (exact) mass is 306 g/mol. The van der Waals surface area contributed by atoms with Crippen LogP contribution in [0, 0.1) is 0 Å². The maximum atomic E-state index is 11.9. The molecule has 0 fully saturated rings. The van der Waals surface area contributed by atoms with Gasteiger partial charge in [-0.15, -0.1) is 0 Å². The van der Waals surface area contributed by atoms with E-state index in [0.717, 1.165) is 5.56 Å². The van der Waals surface area contributed by atoms with Crippen LogP contribution in [0.3, 0.4) is 0 Å². The summed E-state index contributed by atoms with van der Waals surface area (Å²) in [7, 11) is 0. The lowest BCUT2D eigenvalue weighted by molar-refractivity contribution is -0.120. The first kappa shape index (κ1) is 15.1. The van der Waals surface area contributed by atoms with E-state index in [1.54, 1.807) is 24.3 Å². The second-order valence-corrected chi connectivity index (χ2v) is 4.73. The maximum absolute atomic E-state index is 11.9. The largest absolute Gasteiger partial charge is 0.452 e. The number of anilines is 1. The van der Waals surface area contributed by atoms with Crippen LogP contribution in [0.4, 0.5) is 5.69 Å². The zero-order valence-corrected chi connectivity index (χ0v) is 12.2. The van der Waals surface area contributed by atoms with Gasteiger partial charge in [0.15, 0.2) is 0 Å². The maximum Gasteiger partial charge on any atom is 0.260 e. The van der Waals surface area contributed by atoms with Gasteiger partial charge < -0.3 is 15.1 Å². The summed E-state index contributed by atoms with van der Waals surface area (Å²) >= 11 is 5.74. The Hall–Kier alpha value is -2.27. The molecule has 1 aromatic carbocycles. The molecule has 0 atom stereocenters. The van der Waals surface area contributed by atoms with Crippen LogP contribution >= 0.6 is 11.6 Å². The minimum absolute atomic E-state index is 0.0283. The van der Waals surface area contributed by atoms with E-state index in [4.69, 9.17) is 16.0 Å². The molecule has 0 bridgehead atoms. The van der Waals surface area contributed by atoms with E-state index in [0.29, 0.717) is 18.7 Å². The predicted octanol–water partition coefficient (Wildman–Crippen LogP) is 2.86. The minimum atomic E-state index is -0.342. The molecule has 21 heavy (non-hydrogen) atoms. The molecule has 0 aliphatic rings. The predicted molar refractivity (Wildman–Crippen MR) is 80.5 cm³/mol. The first-order chi connectivity index (χ1) is 10.1. The SMILES string of the molecule is CCNC(=O)Cc1ccc(NC(=O)c2ccoc2Cl)cc1. The van der Waals surface area contributed by atoms with E-state index in [1.165, 1.54) is 12.3 Å². The Morgan fingerprint density at radius 2 is 1.90 bits per heavy atom. The first-order valence-corrected chi connectivity index (χ1v) is 6.88. The molecule has 1 heterocycles. The number of rotatable bonds is 5. The van der Waals surface area contributed by atoms with Gasteiger partial charge in [-0.05, 0) is 42.3 Å². The highest BCUT2D eigenvalue weighted by Crippen LogP contribution is 2.18. The van der Waals surface area contributed by atoms with Gasteiger partial charge in [-0.3, -0.25) is 9.59 Å². The molecule has 0 spiro atoms. The standard InChI is InChI=1S/C15H15ClN2O3/c1-2-17-13(19)9-10-3-5-11(6-4-10)18-15(20)12-7-8-21-14(12)16/h3-8H,2,9H2,1H3,(H,17,19)(H,18,20). The molecule has 5 nitrogen and oxygen atoms in total. The first-order valence-electron chi connectivity index (χ1n) is 6.50. The third-order valence-corrected chi connectivity index (χ3v) is 3.11. The average molecular weight is 307 g/mol. The van der Waals surface area contributed by atoms with Gasteiger partial charge in [-0.2, -0.15) is 0 Å². The van der Waals surface area contributed by atoms with Crippen molar-refractivity contribution in [3.63, 3.8) is 0 Å². The van der Waals surface area contributed by atoms with Crippen molar-refractivity contribution in [2.24, 2.45) is 0 Å². The Kier molecular flexibility index (Phi) is 5.00. The van der Waals surface area contributed by atoms with Gasteiger partial charge in [-0.25, -0.2) is 0 Å². The number of likely N-dealkylation sites (N-methyl/N-ethyl adjacent to an activating group) is 1. The third-order valence-electron chi connectivity index (χ3n) is 2.81. The van der Waals surface area contributed by atoms with E-state index in [1.807, 2.05) is 6.92 Å². The van der Waals surface area contributed by atoms with Crippen LogP contribution in [0.2, 0.25) is 5.22 Å². The number of hydrogen-bond acceptors (Lipinski definition) is 3. The lowest BCUT2D eigenvalue weighted by Gasteiger charge is -2.06. The highest BCUT2D eigenvalue weighted by Gasteiger charge is 2.13. The third kappa shape index (κ3) is 4.10. The minimum Gasteiger partial charge on any atom is -0.452 e. The van der Waals surface area contributed by atoms with Gasteiger partial charge in [-0.1, -0.05) is 12.1 Å². The van der Waals surface area contributed by atoms with E-state index < -0.39 is 0 Å². The molecule has 0 radical (unpaired) electrons. The summed E-state index contributed by atoms with van der Waals surface area (Å²) in [4.78, 5) is 23.4. The summed E-state index contributed by atoms with van der Waals surface area (Å²) in [6, 6.07) is 8.56. The number of carbonyl (C=O) groups is 2. The van der Waals surface area contributed by atoms with Crippen molar-refractivity contribution in [3.8, 4) is 0 Å². The highest BCUT2D eigenvalue weighted by atomic mass is 35.5. The number of halogens is 1. The molecule has 1 aromatic heterocycles. The molecule has 0 aliphatic carbocycles. The summed E-state index contributed by atoms with van der Waals surface area (Å²) < 4.78 is 4.87. The second kappa shape index (κ2) is 6.95. The van der Waals surface area contributed by atoms with Gasteiger partial charge in [0.25, 0.3) is 5.91 Å². The van der Waals surface area contributed by atoms with E-state index in [-0.39, 0.29) is 22.6 Å². The highest BCUT2D eigenvalue weighted by molar-refractivity contribution is 6.32. The summed E-state index contributed by atoms with van der Waals surface area (Å²) in [5, 5.41) is 5.49. The van der Waals surface area contributed by atoms with E-state index >= 15 is 0 Å². The van der Waals surface area contributed by atoms with Gasteiger partial charge in [0.1, 0.15) is 0 Å². The van der Waals surface area contributed by atoms with Crippen molar-refractivity contribution in [2.75, 3.05) is 11.9 Å². The lowest BCUT2D eigenvalue weighted by Crippen LogP contribution is -2.24. The Bertz CT molecular complexity index is 635. The van der Waals surface area contributed by atoms with Crippen LogP contribution in [0.15, 0.2) is 41.0 Å². The Balaban J connectivity index is 1.98. The zero-order valence-electron chi connectivity index (χ0n) is 11.5. The van der Waals surface area contributed by atoms with Crippen LogP contribution < -0.4 is 10.6 Å². The molecular formula is C15H15ClN2O3. The molecule has 0 aliphatic heterocycles. The molecule has 110 valence electrons. The molecule has 2 rings (SSSR count). The fourth-order valence-corrected chi connectivity index (χ4v) is 2.01. The van der Waals surface area contributed by atoms with Gasteiger partial charge in [0.05, 0.1) is 18.2 Å². The fraction of sp³-hybridized carbons (Fsp3) is 0.200.